The molecule has 0 bridgehead atoms. The standard InChI is InChI=1S/C17H17BrO2/c1-12(2)20-16-5-3-4-14(11-16)17(19)10-13-6-8-15(18)9-7-13/h3-9,11-12H,10H2,1-2H3. The van der Waals surface area contributed by atoms with Gasteiger partial charge in [0, 0.05) is 16.5 Å². The van der Waals surface area contributed by atoms with Crippen molar-refractivity contribution in [3.8, 4) is 5.75 Å². The molecule has 0 unspecified atom stereocenters. The summed E-state index contributed by atoms with van der Waals surface area (Å²) in [5.41, 5.74) is 1.69. The van der Waals surface area contributed by atoms with Gasteiger partial charge in [0.2, 0.25) is 0 Å². The van der Waals surface area contributed by atoms with Gasteiger partial charge in [-0.25, -0.2) is 0 Å². The smallest absolute Gasteiger partial charge is 0.167 e. The molecule has 0 fully saturated rings. The lowest BCUT2D eigenvalue weighted by molar-refractivity contribution is 0.0992. The third kappa shape index (κ3) is 4.20. The lowest BCUT2D eigenvalue weighted by Crippen LogP contribution is -2.07. The van der Waals surface area contributed by atoms with Crippen LogP contribution in [0, 0.1) is 0 Å². The van der Waals surface area contributed by atoms with Crippen molar-refractivity contribution in [2.75, 3.05) is 0 Å². The Kier molecular flexibility index (Phi) is 4.96. The fourth-order valence-corrected chi connectivity index (χ4v) is 2.17. The van der Waals surface area contributed by atoms with E-state index in [1.54, 1.807) is 6.07 Å². The van der Waals surface area contributed by atoms with Crippen LogP contribution in [-0.2, 0) is 6.42 Å². The van der Waals surface area contributed by atoms with E-state index >= 15 is 0 Å². The first kappa shape index (κ1) is 14.8. The minimum atomic E-state index is 0.0986. The summed E-state index contributed by atoms with van der Waals surface area (Å²) >= 11 is 3.39. The molecule has 0 aliphatic rings. The Bertz CT molecular complexity index is 588. The predicted octanol–water partition coefficient (Wildman–Crippen LogP) is 4.66. The van der Waals surface area contributed by atoms with Gasteiger partial charge in [-0.1, -0.05) is 40.2 Å². The van der Waals surface area contributed by atoms with Crippen molar-refractivity contribution < 1.29 is 9.53 Å². The first-order chi connectivity index (χ1) is 9.54. The number of carbonyl (C=O) groups is 1. The molecule has 2 rings (SSSR count). The number of ether oxygens (including phenoxy) is 1. The van der Waals surface area contributed by atoms with Gasteiger partial charge in [0.1, 0.15) is 5.75 Å². The van der Waals surface area contributed by atoms with E-state index in [0.29, 0.717) is 12.0 Å². The van der Waals surface area contributed by atoms with E-state index < -0.39 is 0 Å². The number of hydrogen-bond donors (Lipinski definition) is 0. The van der Waals surface area contributed by atoms with Crippen LogP contribution in [0.2, 0.25) is 0 Å². The molecule has 0 saturated carbocycles. The van der Waals surface area contributed by atoms with Crippen molar-refractivity contribution >= 4 is 21.7 Å². The Balaban J connectivity index is 2.10. The summed E-state index contributed by atoms with van der Waals surface area (Å²) < 4.78 is 6.63. The summed E-state index contributed by atoms with van der Waals surface area (Å²) in [5, 5.41) is 0. The molecule has 0 aliphatic heterocycles. The quantitative estimate of drug-likeness (QED) is 0.744. The minimum Gasteiger partial charge on any atom is -0.491 e. The Labute approximate surface area is 127 Å². The van der Waals surface area contributed by atoms with Gasteiger partial charge in [-0.05, 0) is 43.7 Å². The highest BCUT2D eigenvalue weighted by Gasteiger charge is 2.08. The van der Waals surface area contributed by atoms with Crippen LogP contribution in [0.15, 0.2) is 53.0 Å². The van der Waals surface area contributed by atoms with Crippen molar-refractivity contribution in [3.63, 3.8) is 0 Å². The zero-order chi connectivity index (χ0) is 14.5. The van der Waals surface area contributed by atoms with Crippen molar-refractivity contribution in [2.24, 2.45) is 0 Å². The lowest BCUT2D eigenvalue weighted by Gasteiger charge is -2.10. The predicted molar refractivity (Wildman–Crippen MR) is 84.4 cm³/mol. The number of hydrogen-bond acceptors (Lipinski definition) is 2. The number of benzene rings is 2. The molecule has 0 heterocycles. The Morgan fingerprint density at radius 1 is 1.15 bits per heavy atom. The molecular formula is C17H17BrO2. The maximum Gasteiger partial charge on any atom is 0.167 e. The van der Waals surface area contributed by atoms with Crippen LogP contribution >= 0.6 is 15.9 Å². The van der Waals surface area contributed by atoms with E-state index in [2.05, 4.69) is 15.9 Å². The third-order valence-electron chi connectivity index (χ3n) is 2.81. The average molecular weight is 333 g/mol. The molecule has 0 atom stereocenters. The van der Waals surface area contributed by atoms with Crippen molar-refractivity contribution in [1.29, 1.82) is 0 Å². The van der Waals surface area contributed by atoms with Gasteiger partial charge in [0.05, 0.1) is 6.10 Å². The van der Waals surface area contributed by atoms with Gasteiger partial charge < -0.3 is 4.74 Å². The summed E-state index contributed by atoms with van der Waals surface area (Å²) in [5.74, 6) is 0.836. The van der Waals surface area contributed by atoms with E-state index in [4.69, 9.17) is 4.74 Å². The second kappa shape index (κ2) is 6.71. The van der Waals surface area contributed by atoms with E-state index in [-0.39, 0.29) is 11.9 Å². The number of rotatable bonds is 5. The number of halogens is 1. The van der Waals surface area contributed by atoms with Crippen LogP contribution in [0.25, 0.3) is 0 Å². The highest BCUT2D eigenvalue weighted by atomic mass is 79.9. The van der Waals surface area contributed by atoms with Crippen LogP contribution in [-0.4, -0.2) is 11.9 Å². The molecule has 0 N–H and O–H groups in total. The highest BCUT2D eigenvalue weighted by Crippen LogP contribution is 2.17. The second-order valence-corrected chi connectivity index (χ2v) is 5.84. The van der Waals surface area contributed by atoms with E-state index in [0.717, 1.165) is 15.8 Å². The van der Waals surface area contributed by atoms with Gasteiger partial charge in [0.25, 0.3) is 0 Å². The molecule has 0 spiro atoms. The van der Waals surface area contributed by atoms with Crippen LogP contribution in [0.1, 0.15) is 29.8 Å². The minimum absolute atomic E-state index is 0.0986. The number of carbonyl (C=O) groups excluding carboxylic acids is 1. The maximum absolute atomic E-state index is 12.3. The summed E-state index contributed by atoms with van der Waals surface area (Å²) in [4.78, 5) is 12.3. The maximum atomic E-state index is 12.3. The third-order valence-corrected chi connectivity index (χ3v) is 3.33. The molecule has 0 saturated heterocycles. The van der Waals surface area contributed by atoms with Crippen molar-refractivity contribution in [3.05, 3.63) is 64.1 Å². The average Bonchev–Trinajstić information content (AvgIpc) is 2.41. The monoisotopic (exact) mass is 332 g/mol. The Morgan fingerprint density at radius 3 is 2.50 bits per heavy atom. The molecule has 0 amide bonds. The molecule has 3 heteroatoms. The second-order valence-electron chi connectivity index (χ2n) is 4.92. The van der Waals surface area contributed by atoms with Gasteiger partial charge in [-0.15, -0.1) is 0 Å². The normalized spacial score (nSPS) is 10.6. The van der Waals surface area contributed by atoms with Crippen LogP contribution in [0.4, 0.5) is 0 Å². The van der Waals surface area contributed by atoms with Crippen molar-refractivity contribution in [2.45, 2.75) is 26.4 Å². The fourth-order valence-electron chi connectivity index (χ4n) is 1.90. The Hall–Kier alpha value is -1.61. The van der Waals surface area contributed by atoms with Gasteiger partial charge in [-0.2, -0.15) is 0 Å². The lowest BCUT2D eigenvalue weighted by atomic mass is 10.0. The van der Waals surface area contributed by atoms with Gasteiger partial charge in [-0.3, -0.25) is 4.79 Å². The molecule has 0 aliphatic carbocycles. The van der Waals surface area contributed by atoms with Crippen molar-refractivity contribution in [1.82, 2.24) is 0 Å². The van der Waals surface area contributed by atoms with Gasteiger partial charge >= 0.3 is 0 Å². The molecule has 20 heavy (non-hydrogen) atoms. The van der Waals surface area contributed by atoms with Gasteiger partial charge in [0.15, 0.2) is 5.78 Å². The molecule has 2 nitrogen and oxygen atoms in total. The van der Waals surface area contributed by atoms with Crippen LogP contribution in [0.5, 0.6) is 5.75 Å². The molecule has 0 aromatic heterocycles. The molecule has 0 radical (unpaired) electrons. The SMILES string of the molecule is CC(C)Oc1cccc(C(=O)Cc2ccc(Br)cc2)c1. The van der Waals surface area contributed by atoms with Crippen LogP contribution in [0.3, 0.4) is 0 Å². The summed E-state index contributed by atoms with van der Waals surface area (Å²) in [6.07, 6.45) is 0.505. The summed E-state index contributed by atoms with van der Waals surface area (Å²) in [7, 11) is 0. The molecular weight excluding hydrogens is 316 g/mol. The molecule has 2 aromatic rings. The summed E-state index contributed by atoms with van der Waals surface area (Å²) in [6.45, 7) is 3.94. The zero-order valence-electron chi connectivity index (χ0n) is 11.6. The highest BCUT2D eigenvalue weighted by molar-refractivity contribution is 9.10. The zero-order valence-corrected chi connectivity index (χ0v) is 13.2. The Morgan fingerprint density at radius 2 is 1.85 bits per heavy atom. The van der Waals surface area contributed by atoms with E-state index in [1.807, 2.05) is 56.3 Å². The fraction of sp³-hybridized carbons (Fsp3) is 0.235. The number of ketones is 1. The summed E-state index contributed by atoms with van der Waals surface area (Å²) in [6, 6.07) is 15.2. The van der Waals surface area contributed by atoms with E-state index in [9.17, 15) is 4.79 Å². The molecule has 104 valence electrons. The topological polar surface area (TPSA) is 26.3 Å². The first-order valence-electron chi connectivity index (χ1n) is 6.59. The largest absolute Gasteiger partial charge is 0.491 e. The molecule has 2 aromatic carbocycles. The number of Topliss-reactive ketones (excluding diaryl/α,β-unsaturated/α-hetero) is 1. The first-order valence-corrected chi connectivity index (χ1v) is 7.38. The van der Waals surface area contributed by atoms with E-state index in [1.165, 1.54) is 0 Å². The van der Waals surface area contributed by atoms with Crippen LogP contribution < -0.4 is 4.74 Å².